The second-order valence-electron chi connectivity index (χ2n) is 7.58. The molecule has 0 aliphatic carbocycles. The first-order valence-corrected chi connectivity index (χ1v) is 12.2. The lowest BCUT2D eigenvalue weighted by atomic mass is 10.1. The minimum Gasteiger partial charge on any atom is -0.494 e. The number of thioether (sulfide) groups is 1. The van der Waals surface area contributed by atoms with Gasteiger partial charge in [0.2, 0.25) is 0 Å². The Hall–Kier alpha value is -4.02. The highest BCUT2D eigenvalue weighted by atomic mass is 32.2. The molecule has 1 amide bonds. The second-order valence-corrected chi connectivity index (χ2v) is 8.59. The van der Waals surface area contributed by atoms with Gasteiger partial charge in [-0.1, -0.05) is 36.4 Å². The number of aliphatic imine (C=N–C) groups is 1. The van der Waals surface area contributed by atoms with Crippen LogP contribution in [-0.2, 0) is 11.4 Å². The number of para-hydroxylation sites is 1. The number of nitrogens with zero attached hydrogens (tertiary/aromatic N) is 3. The summed E-state index contributed by atoms with van der Waals surface area (Å²) in [7, 11) is 0. The number of amidine groups is 1. The van der Waals surface area contributed by atoms with Gasteiger partial charge < -0.3 is 9.47 Å². The Labute approximate surface area is 209 Å². The molecule has 1 fully saturated rings. The van der Waals surface area contributed by atoms with Crippen molar-refractivity contribution in [2.24, 2.45) is 4.99 Å². The number of benzene rings is 3. The van der Waals surface area contributed by atoms with Crippen LogP contribution in [0.2, 0.25) is 0 Å². The van der Waals surface area contributed by atoms with E-state index in [0.29, 0.717) is 34.5 Å². The van der Waals surface area contributed by atoms with Crippen molar-refractivity contribution in [3.63, 3.8) is 0 Å². The third-order valence-corrected chi connectivity index (χ3v) is 6.31. The van der Waals surface area contributed by atoms with Gasteiger partial charge in [-0.15, -0.1) is 0 Å². The zero-order valence-electron chi connectivity index (χ0n) is 19.6. The standard InChI is InChI=1S/C28H25N3O3S/c1-3-31-27(32)26(35-28(31)30-23-13-15-24(16-14-23)33-4-2)17-20-9-7-8-12-25(20)34-19-22-11-6-5-10-21(22)18-29/h5-17H,3-4,19H2,1-2H3/b26-17+,30-28?. The van der Waals surface area contributed by atoms with Crippen molar-refractivity contribution in [3.8, 4) is 17.6 Å². The van der Waals surface area contributed by atoms with Gasteiger partial charge in [-0.25, -0.2) is 4.99 Å². The zero-order valence-corrected chi connectivity index (χ0v) is 20.4. The predicted octanol–water partition coefficient (Wildman–Crippen LogP) is 6.16. The summed E-state index contributed by atoms with van der Waals surface area (Å²) >= 11 is 1.34. The number of hydrogen-bond donors (Lipinski definition) is 0. The topological polar surface area (TPSA) is 74.9 Å². The van der Waals surface area contributed by atoms with E-state index >= 15 is 0 Å². The largest absolute Gasteiger partial charge is 0.494 e. The molecule has 0 unspecified atom stereocenters. The van der Waals surface area contributed by atoms with E-state index in [1.807, 2.05) is 86.7 Å². The highest BCUT2D eigenvalue weighted by Crippen LogP contribution is 2.35. The number of ether oxygens (including phenoxy) is 2. The van der Waals surface area contributed by atoms with E-state index in [-0.39, 0.29) is 12.5 Å². The summed E-state index contributed by atoms with van der Waals surface area (Å²) in [5, 5.41) is 9.96. The molecule has 1 aliphatic heterocycles. The normalized spacial score (nSPS) is 15.5. The maximum Gasteiger partial charge on any atom is 0.266 e. The zero-order chi connectivity index (χ0) is 24.6. The number of amides is 1. The van der Waals surface area contributed by atoms with E-state index in [9.17, 15) is 10.1 Å². The van der Waals surface area contributed by atoms with Crippen molar-refractivity contribution < 1.29 is 14.3 Å². The van der Waals surface area contributed by atoms with Gasteiger partial charge in [0.15, 0.2) is 5.17 Å². The third-order valence-electron chi connectivity index (χ3n) is 5.30. The molecule has 4 rings (SSSR count). The second kappa shape index (κ2) is 11.4. The number of nitriles is 1. The molecule has 7 heteroatoms. The van der Waals surface area contributed by atoms with Crippen LogP contribution in [-0.4, -0.2) is 29.1 Å². The molecular formula is C28H25N3O3S. The minimum absolute atomic E-state index is 0.0909. The quantitative estimate of drug-likeness (QED) is 0.359. The van der Waals surface area contributed by atoms with Gasteiger partial charge in [0.1, 0.15) is 18.1 Å². The molecule has 3 aromatic carbocycles. The van der Waals surface area contributed by atoms with E-state index in [1.54, 1.807) is 11.0 Å². The SMILES string of the molecule is CCOc1ccc(N=C2S/C(=C/c3ccccc3OCc3ccccc3C#N)C(=O)N2CC)cc1. The number of hydrogen-bond acceptors (Lipinski definition) is 6. The van der Waals surface area contributed by atoms with Crippen molar-refractivity contribution in [1.29, 1.82) is 5.26 Å². The fraction of sp³-hybridized carbons (Fsp3) is 0.179. The van der Waals surface area contributed by atoms with Gasteiger partial charge in [-0.3, -0.25) is 9.69 Å². The number of rotatable bonds is 8. The first-order valence-electron chi connectivity index (χ1n) is 11.4. The molecule has 0 bridgehead atoms. The molecule has 0 atom stereocenters. The lowest BCUT2D eigenvalue weighted by Crippen LogP contribution is -2.28. The Kier molecular flexibility index (Phi) is 7.86. The fourth-order valence-corrected chi connectivity index (χ4v) is 4.60. The van der Waals surface area contributed by atoms with E-state index < -0.39 is 0 Å². The van der Waals surface area contributed by atoms with Crippen LogP contribution in [0.25, 0.3) is 6.08 Å². The number of carbonyl (C=O) groups is 1. The van der Waals surface area contributed by atoms with Gasteiger partial charge in [0.25, 0.3) is 5.91 Å². The monoisotopic (exact) mass is 483 g/mol. The summed E-state index contributed by atoms with van der Waals surface area (Å²) in [5.74, 6) is 1.33. The highest BCUT2D eigenvalue weighted by Gasteiger charge is 2.32. The molecular weight excluding hydrogens is 458 g/mol. The Morgan fingerprint density at radius 2 is 1.74 bits per heavy atom. The van der Waals surface area contributed by atoms with Crippen LogP contribution in [0.4, 0.5) is 5.69 Å². The fourth-order valence-electron chi connectivity index (χ4n) is 3.55. The van der Waals surface area contributed by atoms with Crippen molar-refractivity contribution >= 4 is 34.6 Å². The summed E-state index contributed by atoms with van der Waals surface area (Å²) in [6, 6.07) is 24.6. The maximum absolute atomic E-state index is 13.1. The first-order chi connectivity index (χ1) is 17.1. The molecule has 0 spiro atoms. The Balaban J connectivity index is 1.56. The van der Waals surface area contributed by atoms with Crippen LogP contribution in [0, 0.1) is 11.3 Å². The smallest absolute Gasteiger partial charge is 0.266 e. The van der Waals surface area contributed by atoms with E-state index in [0.717, 1.165) is 22.6 Å². The van der Waals surface area contributed by atoms with Crippen LogP contribution in [0.3, 0.4) is 0 Å². The van der Waals surface area contributed by atoms with Gasteiger partial charge in [-0.2, -0.15) is 5.26 Å². The minimum atomic E-state index is -0.0909. The third kappa shape index (κ3) is 5.73. The molecule has 1 aliphatic rings. The molecule has 35 heavy (non-hydrogen) atoms. The summed E-state index contributed by atoms with van der Waals surface area (Å²) in [5.41, 5.74) is 2.93. The van der Waals surface area contributed by atoms with Crippen molar-refractivity contribution in [2.75, 3.05) is 13.2 Å². The Morgan fingerprint density at radius 3 is 2.49 bits per heavy atom. The van der Waals surface area contributed by atoms with Crippen molar-refractivity contribution in [3.05, 3.63) is 94.4 Å². The molecule has 1 saturated heterocycles. The van der Waals surface area contributed by atoms with Gasteiger partial charge in [-0.05, 0) is 68.1 Å². The van der Waals surface area contributed by atoms with Crippen molar-refractivity contribution in [2.45, 2.75) is 20.5 Å². The summed E-state index contributed by atoms with van der Waals surface area (Å²) in [6.45, 7) is 5.25. The molecule has 0 aromatic heterocycles. The van der Waals surface area contributed by atoms with Gasteiger partial charge in [0.05, 0.1) is 28.8 Å². The lowest BCUT2D eigenvalue weighted by Gasteiger charge is -2.12. The van der Waals surface area contributed by atoms with Crippen LogP contribution in [0.5, 0.6) is 11.5 Å². The Morgan fingerprint density at radius 1 is 1.00 bits per heavy atom. The molecule has 0 saturated carbocycles. The molecule has 176 valence electrons. The van der Waals surface area contributed by atoms with Crippen molar-refractivity contribution in [1.82, 2.24) is 4.90 Å². The summed E-state index contributed by atoms with van der Waals surface area (Å²) in [4.78, 5) is 20.1. The molecule has 0 radical (unpaired) electrons. The van der Waals surface area contributed by atoms with Crippen LogP contribution < -0.4 is 9.47 Å². The summed E-state index contributed by atoms with van der Waals surface area (Å²) in [6.07, 6.45) is 1.84. The maximum atomic E-state index is 13.1. The highest BCUT2D eigenvalue weighted by molar-refractivity contribution is 8.18. The van der Waals surface area contributed by atoms with Gasteiger partial charge >= 0.3 is 0 Å². The molecule has 3 aromatic rings. The summed E-state index contributed by atoms with van der Waals surface area (Å²) < 4.78 is 11.5. The van der Waals surface area contributed by atoms with E-state index in [1.165, 1.54) is 11.8 Å². The molecule has 0 N–H and O–H groups in total. The van der Waals surface area contributed by atoms with Crippen LogP contribution >= 0.6 is 11.8 Å². The lowest BCUT2D eigenvalue weighted by molar-refractivity contribution is -0.122. The molecule has 6 nitrogen and oxygen atoms in total. The number of carbonyl (C=O) groups excluding carboxylic acids is 1. The van der Waals surface area contributed by atoms with Crippen LogP contribution in [0.15, 0.2) is 82.7 Å². The number of likely N-dealkylation sites (N-methyl/N-ethyl adjacent to an activating group) is 1. The van der Waals surface area contributed by atoms with E-state index in [2.05, 4.69) is 6.07 Å². The Bertz CT molecular complexity index is 1310. The predicted molar refractivity (Wildman–Crippen MR) is 140 cm³/mol. The first kappa shape index (κ1) is 24.1. The molecule has 1 heterocycles. The average Bonchev–Trinajstić information content (AvgIpc) is 3.18. The van der Waals surface area contributed by atoms with E-state index in [4.69, 9.17) is 14.5 Å². The van der Waals surface area contributed by atoms with Gasteiger partial charge in [0, 0.05) is 17.7 Å². The van der Waals surface area contributed by atoms with Crippen LogP contribution in [0.1, 0.15) is 30.5 Å². The average molecular weight is 484 g/mol.